The third-order valence-electron chi connectivity index (χ3n) is 5.46. The zero-order valence-electron chi connectivity index (χ0n) is 13.7. The second kappa shape index (κ2) is 8.20. The molecule has 1 N–H and O–H groups in total. The molecule has 1 saturated carbocycles. The topological polar surface area (TPSA) is 21.3 Å². The molecule has 1 aromatic carbocycles. The zero-order chi connectivity index (χ0) is 16.1. The number of halogens is 2. The van der Waals surface area contributed by atoms with E-state index in [1.54, 1.807) is 6.07 Å². The Kier molecular flexibility index (Phi) is 6.01. The Labute approximate surface area is 137 Å². The standard InChI is InChI=1S/C19H27F2NO/c20-16-5-6-18(19(21)13-16)15-3-1-14(2-4-15)7-10-22-17-8-11-23-12-9-17/h5-6,13-15,17,22H,1-4,7-12H2/t14-,15-. The largest absolute Gasteiger partial charge is 0.381 e. The maximum absolute atomic E-state index is 13.9. The summed E-state index contributed by atoms with van der Waals surface area (Å²) in [6, 6.07) is 4.64. The van der Waals surface area contributed by atoms with Crippen LogP contribution in [0, 0.1) is 17.6 Å². The molecule has 0 bridgehead atoms. The van der Waals surface area contributed by atoms with Gasteiger partial charge >= 0.3 is 0 Å². The van der Waals surface area contributed by atoms with Crippen molar-refractivity contribution in [3.8, 4) is 0 Å². The van der Waals surface area contributed by atoms with Gasteiger partial charge in [-0.3, -0.25) is 0 Å². The monoisotopic (exact) mass is 323 g/mol. The maximum Gasteiger partial charge on any atom is 0.129 e. The van der Waals surface area contributed by atoms with Crippen LogP contribution in [0.3, 0.4) is 0 Å². The van der Waals surface area contributed by atoms with E-state index >= 15 is 0 Å². The van der Waals surface area contributed by atoms with Crippen LogP contribution in [-0.2, 0) is 4.74 Å². The highest BCUT2D eigenvalue weighted by Crippen LogP contribution is 2.37. The van der Waals surface area contributed by atoms with Crippen LogP contribution in [0.5, 0.6) is 0 Å². The molecule has 1 aromatic rings. The van der Waals surface area contributed by atoms with Crippen molar-refractivity contribution in [1.82, 2.24) is 5.32 Å². The molecule has 2 fully saturated rings. The van der Waals surface area contributed by atoms with Crippen molar-refractivity contribution in [2.24, 2.45) is 5.92 Å². The smallest absolute Gasteiger partial charge is 0.129 e. The molecule has 2 nitrogen and oxygen atoms in total. The van der Waals surface area contributed by atoms with E-state index < -0.39 is 5.82 Å². The first-order valence-corrected chi connectivity index (χ1v) is 8.98. The van der Waals surface area contributed by atoms with Crippen molar-refractivity contribution in [3.63, 3.8) is 0 Å². The minimum absolute atomic E-state index is 0.260. The summed E-state index contributed by atoms with van der Waals surface area (Å²) in [7, 11) is 0. The summed E-state index contributed by atoms with van der Waals surface area (Å²) in [6.07, 6.45) is 7.78. The molecule has 1 aliphatic heterocycles. The first-order valence-electron chi connectivity index (χ1n) is 8.98. The van der Waals surface area contributed by atoms with Gasteiger partial charge in [0, 0.05) is 25.3 Å². The molecule has 0 radical (unpaired) electrons. The Balaban J connectivity index is 1.39. The predicted molar refractivity (Wildman–Crippen MR) is 87.5 cm³/mol. The van der Waals surface area contributed by atoms with Crippen LogP contribution in [-0.4, -0.2) is 25.8 Å². The van der Waals surface area contributed by atoms with Crippen LogP contribution < -0.4 is 5.32 Å². The van der Waals surface area contributed by atoms with E-state index in [1.807, 2.05) is 0 Å². The van der Waals surface area contributed by atoms with E-state index in [4.69, 9.17) is 4.74 Å². The van der Waals surface area contributed by atoms with Gasteiger partial charge in [0.15, 0.2) is 0 Å². The molecule has 0 unspecified atom stereocenters. The Morgan fingerprint density at radius 2 is 1.74 bits per heavy atom. The Morgan fingerprint density at radius 1 is 1.00 bits per heavy atom. The van der Waals surface area contributed by atoms with Gasteiger partial charge in [-0.2, -0.15) is 0 Å². The first-order chi connectivity index (χ1) is 11.2. The number of benzene rings is 1. The number of hydrogen-bond acceptors (Lipinski definition) is 2. The Hall–Kier alpha value is -1.00. The van der Waals surface area contributed by atoms with Crippen molar-refractivity contribution >= 4 is 0 Å². The highest BCUT2D eigenvalue weighted by atomic mass is 19.1. The molecule has 3 rings (SSSR count). The normalized spacial score (nSPS) is 26.3. The van der Waals surface area contributed by atoms with Crippen LogP contribution in [0.25, 0.3) is 0 Å². The second-order valence-corrected chi connectivity index (χ2v) is 7.01. The zero-order valence-corrected chi connectivity index (χ0v) is 13.7. The van der Waals surface area contributed by atoms with Crippen molar-refractivity contribution in [2.45, 2.75) is 56.9 Å². The van der Waals surface area contributed by atoms with E-state index in [-0.39, 0.29) is 11.7 Å². The molecule has 0 spiro atoms. The van der Waals surface area contributed by atoms with E-state index in [0.717, 1.165) is 70.3 Å². The summed E-state index contributed by atoms with van der Waals surface area (Å²) in [5, 5.41) is 3.65. The average molecular weight is 323 g/mol. The van der Waals surface area contributed by atoms with Gasteiger partial charge in [0.1, 0.15) is 11.6 Å². The van der Waals surface area contributed by atoms with Gasteiger partial charge in [0.05, 0.1) is 0 Å². The van der Waals surface area contributed by atoms with Gasteiger partial charge in [-0.1, -0.05) is 6.07 Å². The summed E-state index contributed by atoms with van der Waals surface area (Å²) in [5.41, 5.74) is 0.699. The van der Waals surface area contributed by atoms with Gasteiger partial charge in [-0.15, -0.1) is 0 Å². The number of ether oxygens (including phenoxy) is 1. The number of nitrogens with one attached hydrogen (secondary N) is 1. The van der Waals surface area contributed by atoms with Gasteiger partial charge in [-0.05, 0) is 75.0 Å². The third kappa shape index (κ3) is 4.74. The minimum Gasteiger partial charge on any atom is -0.381 e. The lowest BCUT2D eigenvalue weighted by Gasteiger charge is -2.30. The van der Waals surface area contributed by atoms with E-state index in [0.29, 0.717) is 11.6 Å². The molecule has 0 atom stereocenters. The van der Waals surface area contributed by atoms with Crippen LogP contribution in [0.15, 0.2) is 18.2 Å². The summed E-state index contributed by atoms with van der Waals surface area (Å²) in [5.74, 6) is 0.131. The molecule has 0 amide bonds. The fraction of sp³-hybridized carbons (Fsp3) is 0.684. The molecule has 23 heavy (non-hydrogen) atoms. The minimum atomic E-state index is -0.487. The van der Waals surface area contributed by atoms with Crippen LogP contribution >= 0.6 is 0 Å². The highest BCUT2D eigenvalue weighted by molar-refractivity contribution is 5.23. The lowest BCUT2D eigenvalue weighted by atomic mass is 9.77. The molecule has 0 aromatic heterocycles. The Bertz CT molecular complexity index is 494. The molecular formula is C19H27F2NO. The molecular weight excluding hydrogens is 296 g/mol. The molecule has 4 heteroatoms. The summed E-state index contributed by atoms with van der Waals surface area (Å²) < 4.78 is 32.3. The summed E-state index contributed by atoms with van der Waals surface area (Å²) in [4.78, 5) is 0. The summed E-state index contributed by atoms with van der Waals surface area (Å²) in [6.45, 7) is 2.84. The van der Waals surface area contributed by atoms with Gasteiger partial charge in [0.2, 0.25) is 0 Å². The van der Waals surface area contributed by atoms with Crippen LogP contribution in [0.1, 0.15) is 56.4 Å². The van der Waals surface area contributed by atoms with E-state index in [9.17, 15) is 8.78 Å². The number of rotatable bonds is 5. The lowest BCUT2D eigenvalue weighted by molar-refractivity contribution is 0.0775. The molecule has 1 heterocycles. The van der Waals surface area contributed by atoms with Crippen LogP contribution in [0.2, 0.25) is 0 Å². The van der Waals surface area contributed by atoms with Gasteiger partial charge < -0.3 is 10.1 Å². The van der Waals surface area contributed by atoms with E-state index in [1.165, 1.54) is 12.5 Å². The second-order valence-electron chi connectivity index (χ2n) is 7.01. The maximum atomic E-state index is 13.9. The molecule has 128 valence electrons. The summed E-state index contributed by atoms with van der Waals surface area (Å²) >= 11 is 0. The number of hydrogen-bond donors (Lipinski definition) is 1. The van der Waals surface area contributed by atoms with Crippen molar-refractivity contribution in [2.75, 3.05) is 19.8 Å². The molecule has 1 saturated heterocycles. The Morgan fingerprint density at radius 3 is 2.43 bits per heavy atom. The van der Waals surface area contributed by atoms with Crippen molar-refractivity contribution in [1.29, 1.82) is 0 Å². The van der Waals surface area contributed by atoms with Crippen LogP contribution in [0.4, 0.5) is 8.78 Å². The SMILES string of the molecule is Fc1ccc([C@H]2CC[C@H](CCNC3CCOCC3)CC2)c(F)c1. The van der Waals surface area contributed by atoms with Gasteiger partial charge in [-0.25, -0.2) is 8.78 Å². The highest BCUT2D eigenvalue weighted by Gasteiger charge is 2.24. The predicted octanol–water partition coefficient (Wildman–Crippen LogP) is 4.40. The molecule has 2 aliphatic rings. The van der Waals surface area contributed by atoms with Crippen molar-refractivity contribution < 1.29 is 13.5 Å². The van der Waals surface area contributed by atoms with Crippen molar-refractivity contribution in [3.05, 3.63) is 35.4 Å². The fourth-order valence-corrected chi connectivity index (χ4v) is 3.99. The lowest BCUT2D eigenvalue weighted by Crippen LogP contribution is -2.36. The third-order valence-corrected chi connectivity index (χ3v) is 5.46. The molecule has 1 aliphatic carbocycles. The fourth-order valence-electron chi connectivity index (χ4n) is 3.99. The average Bonchev–Trinajstić information content (AvgIpc) is 2.57. The van der Waals surface area contributed by atoms with Gasteiger partial charge in [0.25, 0.3) is 0 Å². The van der Waals surface area contributed by atoms with E-state index in [2.05, 4.69) is 5.32 Å². The first kappa shape index (κ1) is 16.8. The quantitative estimate of drug-likeness (QED) is 0.867.